The molecule has 9 rings (SSSR count). The van der Waals surface area contributed by atoms with Gasteiger partial charge in [-0.3, -0.25) is 0 Å². The Kier molecular flexibility index (Phi) is 6.70. The fraction of sp³-hybridized carbons (Fsp3) is 0.676. The van der Waals surface area contributed by atoms with Gasteiger partial charge in [-0.05, 0) is 31.1 Å². The standard InChI is InChI=1S/C37H44O13/c1-31-17-46-25-26(31)34(22(16-21(31)38)48-24(39)12-11-19-9-7-6-8-10-19)18-47-36(44-5,29(40)43-4)28(34)32(2)27(25)50-33(3)20-15-23(37(32,33)42)49-30-35(20,41)13-14-45-30/h6-14,20-23,25-28,30,38,41-42H,15-18H2,1-5H3/b12-11+/t20?,21-,22?,23?,25?,26?,27?,28?,30?,31?,32?,33?,34?,35?,36?,37?/m0/s1. The first-order valence-corrected chi connectivity index (χ1v) is 17.3. The van der Waals surface area contributed by atoms with Crippen molar-refractivity contribution in [3.8, 4) is 0 Å². The van der Waals surface area contributed by atoms with Crippen LogP contribution in [0.2, 0.25) is 0 Å². The first kappa shape index (κ1) is 33.0. The molecule has 1 aromatic carbocycles. The summed E-state index contributed by atoms with van der Waals surface area (Å²) in [4.78, 5) is 27.9. The first-order valence-electron chi connectivity index (χ1n) is 17.3. The molecule has 0 radical (unpaired) electrons. The van der Waals surface area contributed by atoms with Gasteiger partial charge < -0.3 is 53.2 Å². The van der Waals surface area contributed by atoms with Crippen LogP contribution in [-0.4, -0.2) is 114 Å². The number of fused-ring (bicyclic) bond motifs is 11. The van der Waals surface area contributed by atoms with E-state index in [-0.39, 0.29) is 26.1 Å². The maximum Gasteiger partial charge on any atom is 0.366 e. The summed E-state index contributed by atoms with van der Waals surface area (Å²) in [6, 6.07) is 9.30. The summed E-state index contributed by atoms with van der Waals surface area (Å²) in [7, 11) is 2.58. The second kappa shape index (κ2) is 10.2. The maximum atomic E-state index is 14.2. The van der Waals surface area contributed by atoms with E-state index in [0.717, 1.165) is 5.56 Å². The van der Waals surface area contributed by atoms with E-state index in [4.69, 9.17) is 37.9 Å². The molecule has 15 unspecified atom stereocenters. The minimum atomic E-state index is -2.10. The monoisotopic (exact) mass is 696 g/mol. The lowest BCUT2D eigenvalue weighted by Crippen LogP contribution is -2.78. The number of benzene rings is 1. The highest BCUT2D eigenvalue weighted by Crippen LogP contribution is 2.80. The zero-order chi connectivity index (χ0) is 35.3. The number of hydrogen-bond donors (Lipinski definition) is 3. The number of methoxy groups -OCH3 is 2. The number of carbonyl (C=O) groups excluding carboxylic acids is 2. The van der Waals surface area contributed by atoms with Gasteiger partial charge in [-0.15, -0.1) is 0 Å². The minimum absolute atomic E-state index is 0.00907. The average Bonchev–Trinajstić information content (AvgIpc) is 3.86. The molecular weight excluding hydrogens is 652 g/mol. The Bertz CT molecular complexity index is 1680. The molecular formula is C37H44O13. The molecule has 13 heteroatoms. The van der Waals surface area contributed by atoms with Crippen molar-refractivity contribution >= 4 is 18.0 Å². The van der Waals surface area contributed by atoms with Crippen LogP contribution in [0.5, 0.6) is 0 Å². The molecule has 7 fully saturated rings. The van der Waals surface area contributed by atoms with Crippen LogP contribution in [0.1, 0.15) is 39.2 Å². The van der Waals surface area contributed by atoms with Gasteiger partial charge in [0.15, 0.2) is 5.60 Å². The highest BCUT2D eigenvalue weighted by atomic mass is 16.7. The van der Waals surface area contributed by atoms with Crippen LogP contribution in [0.3, 0.4) is 0 Å². The summed E-state index contributed by atoms with van der Waals surface area (Å²) in [5.74, 6) is -5.97. The predicted molar refractivity (Wildman–Crippen MR) is 169 cm³/mol. The normalized spacial score (nSPS) is 54.8. The second-order valence-electron chi connectivity index (χ2n) is 16.1. The Morgan fingerprint density at radius 1 is 1.04 bits per heavy atom. The highest BCUT2D eigenvalue weighted by molar-refractivity contribution is 5.87. The average molecular weight is 697 g/mol. The van der Waals surface area contributed by atoms with E-state index >= 15 is 0 Å². The zero-order valence-electron chi connectivity index (χ0n) is 28.6. The van der Waals surface area contributed by atoms with Crippen molar-refractivity contribution in [2.75, 3.05) is 27.4 Å². The van der Waals surface area contributed by atoms with Crippen molar-refractivity contribution in [3.63, 3.8) is 0 Å². The zero-order valence-corrected chi connectivity index (χ0v) is 28.6. The van der Waals surface area contributed by atoms with E-state index in [0.29, 0.717) is 0 Å². The summed E-state index contributed by atoms with van der Waals surface area (Å²) in [5, 5.41) is 37.5. The molecule has 3 saturated carbocycles. The van der Waals surface area contributed by atoms with Crippen molar-refractivity contribution in [1.29, 1.82) is 0 Å². The summed E-state index contributed by atoms with van der Waals surface area (Å²) in [6.07, 6.45) is 0.492. The Hall–Kier alpha value is -2.88. The number of aliphatic hydroxyl groups is 3. The van der Waals surface area contributed by atoms with Crippen LogP contribution in [0, 0.1) is 34.0 Å². The Morgan fingerprint density at radius 3 is 2.52 bits per heavy atom. The molecule has 4 saturated heterocycles. The molecule has 0 amide bonds. The third-order valence-electron chi connectivity index (χ3n) is 14.5. The van der Waals surface area contributed by atoms with E-state index in [9.17, 15) is 24.9 Å². The molecule has 270 valence electrons. The first-order chi connectivity index (χ1) is 23.7. The maximum absolute atomic E-state index is 14.2. The third kappa shape index (κ3) is 3.43. The fourth-order valence-corrected chi connectivity index (χ4v) is 12.5. The van der Waals surface area contributed by atoms with Crippen LogP contribution in [0.25, 0.3) is 6.08 Å². The van der Waals surface area contributed by atoms with Crippen LogP contribution in [-0.2, 0) is 47.5 Å². The molecule has 3 N–H and O–H groups in total. The van der Waals surface area contributed by atoms with Gasteiger partial charge in [-0.2, -0.15) is 0 Å². The summed E-state index contributed by atoms with van der Waals surface area (Å²) in [6.45, 7) is 5.53. The Morgan fingerprint density at radius 2 is 1.80 bits per heavy atom. The molecule has 13 nitrogen and oxygen atoms in total. The minimum Gasteiger partial charge on any atom is -0.469 e. The number of carbonyl (C=O) groups is 2. The molecule has 0 aromatic heterocycles. The number of ether oxygens (including phenoxy) is 8. The molecule has 3 aliphatic carbocycles. The van der Waals surface area contributed by atoms with Gasteiger partial charge in [-0.1, -0.05) is 44.2 Å². The number of rotatable bonds is 5. The van der Waals surface area contributed by atoms with E-state index in [2.05, 4.69) is 0 Å². The topological polar surface area (TPSA) is 169 Å². The van der Waals surface area contributed by atoms with E-state index < -0.39 is 105 Å². The van der Waals surface area contributed by atoms with E-state index in [1.807, 2.05) is 44.2 Å². The lowest BCUT2D eigenvalue weighted by molar-refractivity contribution is -0.317. The van der Waals surface area contributed by atoms with Gasteiger partial charge >= 0.3 is 11.9 Å². The molecule has 1 aromatic rings. The summed E-state index contributed by atoms with van der Waals surface area (Å²) < 4.78 is 50.3. The Balaban J connectivity index is 1.25. The van der Waals surface area contributed by atoms with Crippen LogP contribution in [0.15, 0.2) is 48.7 Å². The molecule has 5 aliphatic heterocycles. The smallest absolute Gasteiger partial charge is 0.366 e. The predicted octanol–water partition coefficient (Wildman–Crippen LogP) is 1.47. The fourth-order valence-electron chi connectivity index (χ4n) is 12.5. The number of hydrogen-bond acceptors (Lipinski definition) is 13. The molecule has 2 bridgehead atoms. The summed E-state index contributed by atoms with van der Waals surface area (Å²) in [5.41, 5.74) is -7.83. The van der Waals surface area contributed by atoms with Crippen molar-refractivity contribution in [2.24, 2.45) is 34.0 Å². The van der Waals surface area contributed by atoms with Crippen molar-refractivity contribution < 1.29 is 62.8 Å². The van der Waals surface area contributed by atoms with Crippen LogP contribution >= 0.6 is 0 Å². The van der Waals surface area contributed by atoms with Crippen LogP contribution in [0.4, 0.5) is 0 Å². The number of esters is 2. The molecule has 50 heavy (non-hydrogen) atoms. The lowest BCUT2D eigenvalue weighted by Gasteiger charge is -2.66. The quantitative estimate of drug-likeness (QED) is 0.299. The van der Waals surface area contributed by atoms with Crippen molar-refractivity contribution in [2.45, 2.75) is 93.0 Å². The molecule has 16 atom stereocenters. The van der Waals surface area contributed by atoms with Gasteiger partial charge in [0.05, 0.1) is 51.0 Å². The van der Waals surface area contributed by atoms with Crippen molar-refractivity contribution in [3.05, 3.63) is 54.3 Å². The number of aliphatic hydroxyl groups excluding tert-OH is 1. The largest absolute Gasteiger partial charge is 0.469 e. The summed E-state index contributed by atoms with van der Waals surface area (Å²) >= 11 is 0. The van der Waals surface area contributed by atoms with Gasteiger partial charge in [0, 0.05) is 53.6 Å². The highest BCUT2D eigenvalue weighted by Gasteiger charge is 2.94. The molecule has 1 spiro atoms. The van der Waals surface area contributed by atoms with Crippen LogP contribution < -0.4 is 0 Å². The van der Waals surface area contributed by atoms with E-state index in [1.54, 1.807) is 13.0 Å². The van der Waals surface area contributed by atoms with Gasteiger partial charge in [0.2, 0.25) is 6.29 Å². The van der Waals surface area contributed by atoms with E-state index in [1.165, 1.54) is 32.6 Å². The third-order valence-corrected chi connectivity index (χ3v) is 14.5. The van der Waals surface area contributed by atoms with Crippen molar-refractivity contribution in [1.82, 2.24) is 0 Å². The second-order valence-corrected chi connectivity index (χ2v) is 16.1. The Labute approximate surface area is 289 Å². The molecule has 5 heterocycles. The lowest BCUT2D eigenvalue weighted by atomic mass is 9.37. The van der Waals surface area contributed by atoms with Gasteiger partial charge in [0.25, 0.3) is 5.79 Å². The SMILES string of the molecule is COC(=O)C1(OC)OCC23C(OC(=O)/C=C/c4ccccc4)C[C@H](O)C4(C)COC(C24)C2OC4(C)C5CC(OC6OC=CC65O)C4(O)C2(C)C13. The van der Waals surface area contributed by atoms with Gasteiger partial charge in [-0.25, -0.2) is 9.59 Å². The molecule has 8 aliphatic rings. The van der Waals surface area contributed by atoms with Gasteiger partial charge in [0.1, 0.15) is 17.3 Å².